The summed E-state index contributed by atoms with van der Waals surface area (Å²) in [5.41, 5.74) is 0. The number of rotatable bonds is 2. The number of hydrogen-bond acceptors (Lipinski definition) is 2. The van der Waals surface area contributed by atoms with Gasteiger partial charge in [-0.25, -0.2) is 0 Å². The minimum atomic E-state index is 0.00856. The Morgan fingerprint density at radius 2 is 1.35 bits per heavy atom. The lowest BCUT2D eigenvalue weighted by Gasteiger charge is -2.14. The van der Waals surface area contributed by atoms with Gasteiger partial charge >= 0.3 is 0 Å². The second-order valence-corrected chi connectivity index (χ2v) is 8.70. The average molecular weight is 660 g/mol. The van der Waals surface area contributed by atoms with E-state index in [4.69, 9.17) is 4.74 Å². The maximum absolute atomic E-state index is 10.2. The summed E-state index contributed by atoms with van der Waals surface area (Å²) in [5, 5.41) is 10.2. The lowest BCUT2D eigenvalue weighted by molar-refractivity contribution is 0.405. The number of ether oxygens (including phenoxy) is 1. The molecule has 0 radical (unpaired) electrons. The number of aromatic hydroxyl groups is 1. The maximum atomic E-state index is 10.2. The van der Waals surface area contributed by atoms with Crippen LogP contribution in [0, 0.1) is 0 Å². The van der Waals surface area contributed by atoms with E-state index in [1.165, 1.54) is 0 Å². The Morgan fingerprint density at radius 3 is 2.00 bits per heavy atom. The first kappa shape index (κ1) is 17.3. The zero-order chi connectivity index (χ0) is 15.0. The number of hydrogen-bond donors (Lipinski definition) is 1. The standard InChI is InChI=1S/C12H4Br6O2/c13-4-1-5(14)9(17)8(2-4)20-12-7(16)3-6(15)10(18)11(12)19/h1-3,19H. The van der Waals surface area contributed by atoms with Crippen molar-refractivity contribution in [3.05, 3.63) is 45.0 Å². The van der Waals surface area contributed by atoms with Gasteiger partial charge in [-0.05, 0) is 97.8 Å². The molecule has 0 bridgehead atoms. The van der Waals surface area contributed by atoms with Crippen LogP contribution in [0.2, 0.25) is 0 Å². The molecule has 0 aromatic heterocycles. The maximum Gasteiger partial charge on any atom is 0.184 e. The van der Waals surface area contributed by atoms with Gasteiger partial charge in [0.1, 0.15) is 5.75 Å². The first-order valence-electron chi connectivity index (χ1n) is 5.00. The van der Waals surface area contributed by atoms with Crippen molar-refractivity contribution in [2.75, 3.05) is 0 Å². The van der Waals surface area contributed by atoms with Gasteiger partial charge in [0.2, 0.25) is 0 Å². The van der Waals surface area contributed by atoms with Crippen LogP contribution in [-0.4, -0.2) is 5.11 Å². The van der Waals surface area contributed by atoms with Crippen LogP contribution in [0.5, 0.6) is 17.2 Å². The van der Waals surface area contributed by atoms with Gasteiger partial charge in [-0.15, -0.1) is 0 Å². The third-order valence-electron chi connectivity index (χ3n) is 2.27. The summed E-state index contributed by atoms with van der Waals surface area (Å²) in [6, 6.07) is 5.49. The second kappa shape index (κ2) is 7.00. The highest BCUT2D eigenvalue weighted by Gasteiger charge is 2.18. The summed E-state index contributed by atoms with van der Waals surface area (Å²) in [6.45, 7) is 0. The predicted molar refractivity (Wildman–Crippen MR) is 101 cm³/mol. The van der Waals surface area contributed by atoms with E-state index in [1.54, 1.807) is 12.1 Å². The van der Waals surface area contributed by atoms with Gasteiger partial charge in [0.25, 0.3) is 0 Å². The van der Waals surface area contributed by atoms with Crippen LogP contribution >= 0.6 is 95.6 Å². The summed E-state index contributed by atoms with van der Waals surface area (Å²) in [4.78, 5) is 0. The lowest BCUT2D eigenvalue weighted by Crippen LogP contribution is -1.90. The van der Waals surface area contributed by atoms with Crippen LogP contribution in [0.15, 0.2) is 45.0 Å². The molecular weight excluding hydrogens is 656 g/mol. The third kappa shape index (κ3) is 3.63. The molecule has 2 rings (SSSR count). The molecule has 0 aliphatic carbocycles. The fourth-order valence-electron chi connectivity index (χ4n) is 1.38. The molecule has 0 saturated carbocycles. The van der Waals surface area contributed by atoms with Crippen molar-refractivity contribution < 1.29 is 9.84 Å². The molecule has 0 amide bonds. The Labute approximate surface area is 166 Å². The molecule has 0 saturated heterocycles. The van der Waals surface area contributed by atoms with Gasteiger partial charge in [-0.1, -0.05) is 15.9 Å². The van der Waals surface area contributed by atoms with Crippen molar-refractivity contribution in [1.29, 1.82) is 0 Å². The molecule has 8 heteroatoms. The molecule has 0 unspecified atom stereocenters. The van der Waals surface area contributed by atoms with Gasteiger partial charge in [-0.2, -0.15) is 0 Å². The molecule has 2 nitrogen and oxygen atoms in total. The van der Waals surface area contributed by atoms with E-state index in [-0.39, 0.29) is 5.75 Å². The van der Waals surface area contributed by atoms with Crippen LogP contribution in [0.1, 0.15) is 0 Å². The minimum Gasteiger partial charge on any atom is -0.503 e. The molecule has 0 aliphatic heterocycles. The van der Waals surface area contributed by atoms with Crippen LogP contribution in [-0.2, 0) is 0 Å². The molecule has 0 fully saturated rings. The normalized spacial score (nSPS) is 10.7. The predicted octanol–water partition coefficient (Wildman–Crippen LogP) is 7.76. The largest absolute Gasteiger partial charge is 0.503 e. The van der Waals surface area contributed by atoms with Gasteiger partial charge in [-0.3, -0.25) is 0 Å². The highest BCUT2D eigenvalue weighted by atomic mass is 79.9. The highest BCUT2D eigenvalue weighted by molar-refractivity contribution is 9.13. The first-order valence-corrected chi connectivity index (χ1v) is 9.76. The van der Waals surface area contributed by atoms with E-state index >= 15 is 0 Å². The van der Waals surface area contributed by atoms with E-state index in [1.807, 2.05) is 6.07 Å². The summed E-state index contributed by atoms with van der Waals surface area (Å²) >= 11 is 20.3. The summed E-state index contributed by atoms with van der Waals surface area (Å²) in [5.74, 6) is 0.900. The fourth-order valence-corrected chi connectivity index (χ4v) is 4.39. The van der Waals surface area contributed by atoms with E-state index in [0.717, 1.165) is 17.9 Å². The topological polar surface area (TPSA) is 29.5 Å². The van der Waals surface area contributed by atoms with Crippen molar-refractivity contribution >= 4 is 95.6 Å². The van der Waals surface area contributed by atoms with E-state index in [2.05, 4.69) is 95.6 Å². The van der Waals surface area contributed by atoms with E-state index < -0.39 is 0 Å². The monoisotopic (exact) mass is 654 g/mol. The molecule has 2 aromatic carbocycles. The number of benzene rings is 2. The molecule has 0 heterocycles. The van der Waals surface area contributed by atoms with Crippen molar-refractivity contribution in [3.8, 4) is 17.2 Å². The molecule has 2 aromatic rings. The molecular formula is C12H4Br6O2. The molecule has 106 valence electrons. The highest BCUT2D eigenvalue weighted by Crippen LogP contribution is 2.48. The molecule has 20 heavy (non-hydrogen) atoms. The lowest BCUT2D eigenvalue weighted by atomic mass is 10.3. The van der Waals surface area contributed by atoms with Gasteiger partial charge in [0.15, 0.2) is 11.5 Å². The van der Waals surface area contributed by atoms with Crippen molar-refractivity contribution in [2.24, 2.45) is 0 Å². The Bertz CT molecular complexity index is 686. The number of halogens is 6. The zero-order valence-electron chi connectivity index (χ0n) is 9.36. The molecule has 1 N–H and O–H groups in total. The average Bonchev–Trinajstić information content (AvgIpc) is 2.37. The van der Waals surface area contributed by atoms with Gasteiger partial charge < -0.3 is 9.84 Å². The Balaban J connectivity index is 2.54. The SMILES string of the molecule is Oc1c(Br)c(Br)cc(Br)c1Oc1cc(Br)cc(Br)c1Br. The van der Waals surface area contributed by atoms with Crippen LogP contribution in [0.3, 0.4) is 0 Å². The summed E-state index contributed by atoms with van der Waals surface area (Å²) < 4.78 is 10.2. The number of phenols is 1. The first-order chi connectivity index (χ1) is 9.31. The van der Waals surface area contributed by atoms with Crippen molar-refractivity contribution in [2.45, 2.75) is 0 Å². The molecule has 0 atom stereocenters. The molecule has 0 spiro atoms. The number of phenolic OH excluding ortho intramolecular Hbond substituents is 1. The smallest absolute Gasteiger partial charge is 0.184 e. The van der Waals surface area contributed by atoms with Gasteiger partial charge in [0.05, 0.1) is 13.4 Å². The van der Waals surface area contributed by atoms with Crippen molar-refractivity contribution in [3.63, 3.8) is 0 Å². The Hall–Kier alpha value is 0.920. The summed E-state index contributed by atoms with van der Waals surface area (Å²) in [7, 11) is 0. The second-order valence-electron chi connectivity index (χ2n) is 3.63. The summed E-state index contributed by atoms with van der Waals surface area (Å²) in [6.07, 6.45) is 0. The van der Waals surface area contributed by atoms with Crippen LogP contribution in [0.25, 0.3) is 0 Å². The van der Waals surface area contributed by atoms with E-state index in [0.29, 0.717) is 20.4 Å². The quantitative estimate of drug-likeness (QED) is 0.334. The Morgan fingerprint density at radius 1 is 0.750 bits per heavy atom. The zero-order valence-corrected chi connectivity index (χ0v) is 18.9. The van der Waals surface area contributed by atoms with Gasteiger partial charge in [0, 0.05) is 13.4 Å². The third-order valence-corrected chi connectivity index (χ3v) is 7.26. The van der Waals surface area contributed by atoms with E-state index in [9.17, 15) is 5.11 Å². The fraction of sp³-hybridized carbons (Fsp3) is 0. The van der Waals surface area contributed by atoms with Crippen LogP contribution in [0.4, 0.5) is 0 Å². The van der Waals surface area contributed by atoms with Crippen LogP contribution < -0.4 is 4.74 Å². The molecule has 0 aliphatic rings. The van der Waals surface area contributed by atoms with Crippen molar-refractivity contribution in [1.82, 2.24) is 0 Å². The Kier molecular flexibility index (Phi) is 6.05. The minimum absolute atomic E-state index is 0.00856.